The molecule has 0 radical (unpaired) electrons. The molecule has 0 bridgehead atoms. The molecule has 1 aromatic carbocycles. The highest BCUT2D eigenvalue weighted by Gasteiger charge is 2.26. The van der Waals surface area contributed by atoms with Crippen molar-refractivity contribution < 1.29 is 4.79 Å². The van der Waals surface area contributed by atoms with Crippen LogP contribution in [-0.4, -0.2) is 34.2 Å². The van der Waals surface area contributed by atoms with Gasteiger partial charge >= 0.3 is 0 Å². The monoisotopic (exact) mass is 347 g/mol. The van der Waals surface area contributed by atoms with Crippen LogP contribution in [0.15, 0.2) is 48.7 Å². The predicted octanol–water partition coefficient (Wildman–Crippen LogP) is 3.19. The van der Waals surface area contributed by atoms with Gasteiger partial charge < -0.3 is 10.2 Å². The highest BCUT2D eigenvalue weighted by atomic mass is 16.1. The molecule has 1 amide bonds. The third-order valence-electron chi connectivity index (χ3n) is 4.88. The van der Waals surface area contributed by atoms with Crippen molar-refractivity contribution in [2.75, 3.05) is 23.3 Å². The summed E-state index contributed by atoms with van der Waals surface area (Å²) in [4.78, 5) is 19.3. The van der Waals surface area contributed by atoms with E-state index in [1.54, 1.807) is 6.20 Å². The van der Waals surface area contributed by atoms with E-state index in [0.717, 1.165) is 54.0 Å². The van der Waals surface area contributed by atoms with Crippen molar-refractivity contribution in [3.63, 3.8) is 0 Å². The topological polar surface area (TPSA) is 71.0 Å². The molecular formula is C20H21N5O. The molecule has 6 nitrogen and oxygen atoms in total. The number of pyridine rings is 1. The lowest BCUT2D eigenvalue weighted by Crippen LogP contribution is -2.38. The summed E-state index contributed by atoms with van der Waals surface area (Å²) >= 11 is 0. The summed E-state index contributed by atoms with van der Waals surface area (Å²) in [6, 6.07) is 13.6. The summed E-state index contributed by atoms with van der Waals surface area (Å²) in [6.45, 7) is 3.55. The summed E-state index contributed by atoms with van der Waals surface area (Å²) in [5, 5.41) is 12.4. The van der Waals surface area contributed by atoms with Crippen molar-refractivity contribution in [2.24, 2.45) is 5.92 Å². The summed E-state index contributed by atoms with van der Waals surface area (Å²) < 4.78 is 0. The second-order valence-electron chi connectivity index (χ2n) is 6.66. The molecule has 3 aromatic rings. The number of rotatable bonds is 3. The molecule has 3 heterocycles. The number of aromatic nitrogens is 3. The number of piperidine rings is 1. The van der Waals surface area contributed by atoms with Gasteiger partial charge in [0.25, 0.3) is 0 Å². The summed E-state index contributed by atoms with van der Waals surface area (Å²) in [6.07, 6.45) is 3.38. The molecule has 26 heavy (non-hydrogen) atoms. The highest BCUT2D eigenvalue weighted by Crippen LogP contribution is 2.25. The first-order valence-corrected chi connectivity index (χ1v) is 8.90. The Morgan fingerprint density at radius 2 is 1.92 bits per heavy atom. The molecule has 0 atom stereocenters. The molecule has 1 aliphatic rings. The van der Waals surface area contributed by atoms with Gasteiger partial charge in [-0.1, -0.05) is 6.07 Å². The molecule has 0 unspecified atom stereocenters. The van der Waals surface area contributed by atoms with Crippen LogP contribution in [0.2, 0.25) is 0 Å². The van der Waals surface area contributed by atoms with Crippen LogP contribution in [0.1, 0.15) is 18.5 Å². The fourth-order valence-corrected chi connectivity index (χ4v) is 3.38. The molecule has 1 fully saturated rings. The van der Waals surface area contributed by atoms with Crippen LogP contribution in [0.25, 0.3) is 10.9 Å². The van der Waals surface area contributed by atoms with Crippen molar-refractivity contribution in [3.8, 4) is 0 Å². The fraction of sp³-hybridized carbons (Fsp3) is 0.300. The van der Waals surface area contributed by atoms with Crippen LogP contribution in [0.5, 0.6) is 0 Å². The molecule has 0 saturated carbocycles. The van der Waals surface area contributed by atoms with E-state index < -0.39 is 0 Å². The number of hydrogen-bond donors (Lipinski definition) is 1. The van der Waals surface area contributed by atoms with Crippen LogP contribution in [0.4, 0.5) is 11.5 Å². The molecule has 6 heteroatoms. The van der Waals surface area contributed by atoms with Crippen molar-refractivity contribution in [1.82, 2.24) is 15.2 Å². The molecule has 1 N–H and O–H groups in total. The number of hydrogen-bond acceptors (Lipinski definition) is 5. The number of anilines is 2. The van der Waals surface area contributed by atoms with Gasteiger partial charge in [-0.15, -0.1) is 5.10 Å². The predicted molar refractivity (Wildman–Crippen MR) is 102 cm³/mol. The first-order valence-electron chi connectivity index (χ1n) is 8.90. The molecule has 0 aliphatic carbocycles. The quantitative estimate of drug-likeness (QED) is 0.788. The first kappa shape index (κ1) is 16.4. The third-order valence-corrected chi connectivity index (χ3v) is 4.88. The van der Waals surface area contributed by atoms with E-state index in [1.807, 2.05) is 49.4 Å². The van der Waals surface area contributed by atoms with Gasteiger partial charge in [-0.25, -0.2) is 0 Å². The third kappa shape index (κ3) is 3.35. The molecule has 132 valence electrons. The van der Waals surface area contributed by atoms with Crippen molar-refractivity contribution in [3.05, 3.63) is 54.4 Å². The molecule has 0 spiro atoms. The summed E-state index contributed by atoms with van der Waals surface area (Å²) in [7, 11) is 0. The SMILES string of the molecule is Cc1ccc(N2CCC(C(=O)Nc3cccc4ncccc34)CC2)nn1. The number of fused-ring (bicyclic) bond motifs is 1. The number of nitrogens with zero attached hydrogens (tertiary/aromatic N) is 4. The number of aryl methyl sites for hydroxylation is 1. The molecule has 1 saturated heterocycles. The minimum absolute atomic E-state index is 0.0107. The van der Waals surface area contributed by atoms with Gasteiger partial charge in [0.1, 0.15) is 0 Å². The van der Waals surface area contributed by atoms with Crippen LogP contribution in [0.3, 0.4) is 0 Å². The van der Waals surface area contributed by atoms with Gasteiger partial charge in [0.2, 0.25) is 5.91 Å². The van der Waals surface area contributed by atoms with Gasteiger partial charge in [-0.3, -0.25) is 9.78 Å². The fourth-order valence-electron chi connectivity index (χ4n) is 3.38. The smallest absolute Gasteiger partial charge is 0.227 e. The second kappa shape index (κ2) is 7.07. The van der Waals surface area contributed by atoms with E-state index in [0.29, 0.717) is 0 Å². The largest absolute Gasteiger partial charge is 0.355 e. The zero-order chi connectivity index (χ0) is 17.9. The minimum Gasteiger partial charge on any atom is -0.355 e. The van der Waals surface area contributed by atoms with Crippen LogP contribution < -0.4 is 10.2 Å². The summed E-state index contributed by atoms with van der Waals surface area (Å²) in [5.74, 6) is 0.974. The number of nitrogens with one attached hydrogen (secondary N) is 1. The highest BCUT2D eigenvalue weighted by molar-refractivity contribution is 6.01. The van der Waals surface area contributed by atoms with Gasteiger partial charge in [0.15, 0.2) is 5.82 Å². The Labute approximate surface area is 152 Å². The maximum atomic E-state index is 12.7. The standard InChI is InChI=1S/C20H21N5O/c1-14-7-8-19(24-23-14)25-12-9-15(10-13-25)20(26)22-18-6-2-5-17-16(18)4-3-11-21-17/h2-8,11,15H,9-10,12-13H2,1H3,(H,22,26). The van der Waals surface area contributed by atoms with Crippen LogP contribution in [-0.2, 0) is 4.79 Å². The van der Waals surface area contributed by atoms with Gasteiger partial charge in [0.05, 0.1) is 16.9 Å². The van der Waals surface area contributed by atoms with Crippen LogP contribution >= 0.6 is 0 Å². The Morgan fingerprint density at radius 1 is 1.08 bits per heavy atom. The second-order valence-corrected chi connectivity index (χ2v) is 6.66. The van der Waals surface area contributed by atoms with E-state index in [1.165, 1.54) is 0 Å². The average Bonchev–Trinajstić information content (AvgIpc) is 2.69. The Bertz CT molecular complexity index is 912. The maximum Gasteiger partial charge on any atom is 0.227 e. The number of amides is 1. The minimum atomic E-state index is 0.0107. The van der Waals surface area contributed by atoms with Crippen molar-refractivity contribution in [2.45, 2.75) is 19.8 Å². The van der Waals surface area contributed by atoms with Gasteiger partial charge in [-0.05, 0) is 56.2 Å². The Hall–Kier alpha value is -3.02. The van der Waals surface area contributed by atoms with Crippen molar-refractivity contribution >= 4 is 28.3 Å². The summed E-state index contributed by atoms with van der Waals surface area (Å²) in [5.41, 5.74) is 2.62. The molecule has 1 aliphatic heterocycles. The average molecular weight is 347 g/mol. The molecular weight excluding hydrogens is 326 g/mol. The molecule has 4 rings (SSSR count). The maximum absolute atomic E-state index is 12.7. The van der Waals surface area contributed by atoms with E-state index >= 15 is 0 Å². The van der Waals surface area contributed by atoms with E-state index in [9.17, 15) is 4.79 Å². The zero-order valence-corrected chi connectivity index (χ0v) is 14.7. The van der Waals surface area contributed by atoms with E-state index in [-0.39, 0.29) is 11.8 Å². The normalized spacial score (nSPS) is 15.2. The van der Waals surface area contributed by atoms with E-state index in [4.69, 9.17) is 0 Å². The van der Waals surface area contributed by atoms with Crippen molar-refractivity contribution in [1.29, 1.82) is 0 Å². The van der Waals surface area contributed by atoms with Gasteiger partial charge in [-0.2, -0.15) is 5.10 Å². The number of carbonyl (C=O) groups excluding carboxylic acids is 1. The molecule has 2 aromatic heterocycles. The van der Waals surface area contributed by atoms with Gasteiger partial charge in [0, 0.05) is 30.6 Å². The number of carbonyl (C=O) groups is 1. The lowest BCUT2D eigenvalue weighted by molar-refractivity contribution is -0.120. The Balaban J connectivity index is 1.41. The van der Waals surface area contributed by atoms with E-state index in [2.05, 4.69) is 25.4 Å². The lowest BCUT2D eigenvalue weighted by Gasteiger charge is -2.31. The Kier molecular flexibility index (Phi) is 4.48. The zero-order valence-electron chi connectivity index (χ0n) is 14.7. The van der Waals surface area contributed by atoms with Crippen LogP contribution in [0, 0.1) is 12.8 Å². The number of benzene rings is 1. The first-order chi connectivity index (χ1) is 12.7. The lowest BCUT2D eigenvalue weighted by atomic mass is 9.95. The Morgan fingerprint density at radius 3 is 2.69 bits per heavy atom.